The fourth-order valence-corrected chi connectivity index (χ4v) is 2.71. The molecule has 17 heavy (non-hydrogen) atoms. The van der Waals surface area contributed by atoms with Crippen LogP contribution in [0.3, 0.4) is 0 Å². The molecule has 1 saturated carbocycles. The molecule has 1 rings (SSSR count). The van der Waals surface area contributed by atoms with Crippen LogP contribution in [0.25, 0.3) is 0 Å². The van der Waals surface area contributed by atoms with Gasteiger partial charge in [0.25, 0.3) is 0 Å². The van der Waals surface area contributed by atoms with E-state index in [0.29, 0.717) is 18.6 Å². The molecule has 0 aliphatic heterocycles. The smallest absolute Gasteiger partial charge is 0.305 e. The van der Waals surface area contributed by atoms with Crippen LogP contribution in [0.4, 0.5) is 0 Å². The Kier molecular flexibility index (Phi) is 6.23. The number of unbranched alkanes of at least 4 members (excludes halogenated alkanes) is 3. The number of methoxy groups -OCH3 is 1. The highest BCUT2D eigenvalue weighted by Gasteiger charge is 2.35. The van der Waals surface area contributed by atoms with Crippen LogP contribution in [0, 0.1) is 11.8 Å². The second-order valence-corrected chi connectivity index (χ2v) is 5.00. The van der Waals surface area contributed by atoms with Gasteiger partial charge in [-0.05, 0) is 18.8 Å². The van der Waals surface area contributed by atoms with E-state index in [4.69, 9.17) is 0 Å². The minimum atomic E-state index is -0.178. The summed E-state index contributed by atoms with van der Waals surface area (Å²) >= 11 is 0. The molecule has 0 radical (unpaired) electrons. The minimum absolute atomic E-state index is 0.117. The van der Waals surface area contributed by atoms with Crippen molar-refractivity contribution in [3.63, 3.8) is 0 Å². The predicted molar refractivity (Wildman–Crippen MR) is 66.6 cm³/mol. The number of hydrogen-bond donors (Lipinski definition) is 0. The van der Waals surface area contributed by atoms with Crippen molar-refractivity contribution in [1.29, 1.82) is 0 Å². The number of Topliss-reactive ketones (excluding diaryl/α,β-unsaturated/α-hetero) is 1. The second kappa shape index (κ2) is 7.46. The molecular formula is C14H24O3. The highest BCUT2D eigenvalue weighted by Crippen LogP contribution is 2.35. The molecule has 3 nitrogen and oxygen atoms in total. The van der Waals surface area contributed by atoms with E-state index in [9.17, 15) is 9.59 Å². The van der Waals surface area contributed by atoms with E-state index in [2.05, 4.69) is 11.7 Å². The lowest BCUT2D eigenvalue weighted by Gasteiger charge is -2.16. The maximum absolute atomic E-state index is 11.8. The fraction of sp³-hybridized carbons (Fsp3) is 0.857. The van der Waals surface area contributed by atoms with E-state index in [-0.39, 0.29) is 17.8 Å². The van der Waals surface area contributed by atoms with Crippen LogP contribution in [0.5, 0.6) is 0 Å². The van der Waals surface area contributed by atoms with Crippen LogP contribution in [0.15, 0.2) is 0 Å². The number of ether oxygens (including phenoxy) is 1. The van der Waals surface area contributed by atoms with Gasteiger partial charge in [-0.2, -0.15) is 0 Å². The number of esters is 1. The van der Waals surface area contributed by atoms with Crippen molar-refractivity contribution in [3.05, 3.63) is 0 Å². The van der Waals surface area contributed by atoms with Crippen molar-refractivity contribution in [2.24, 2.45) is 11.8 Å². The molecule has 0 aromatic heterocycles. The molecule has 0 amide bonds. The zero-order chi connectivity index (χ0) is 12.7. The Morgan fingerprint density at radius 3 is 2.76 bits per heavy atom. The van der Waals surface area contributed by atoms with E-state index in [1.165, 1.54) is 26.4 Å². The van der Waals surface area contributed by atoms with Gasteiger partial charge >= 0.3 is 5.97 Å². The van der Waals surface area contributed by atoms with Gasteiger partial charge in [-0.15, -0.1) is 0 Å². The van der Waals surface area contributed by atoms with Crippen LogP contribution >= 0.6 is 0 Å². The number of carbonyl (C=O) groups is 2. The Bertz CT molecular complexity index is 260. The molecule has 0 bridgehead atoms. The van der Waals surface area contributed by atoms with Gasteiger partial charge in [-0.3, -0.25) is 9.59 Å². The lowest BCUT2D eigenvalue weighted by atomic mass is 9.88. The van der Waals surface area contributed by atoms with Gasteiger partial charge in [0.1, 0.15) is 5.78 Å². The standard InChI is InChI=1S/C14H24O3/c1-3-4-5-6-7-12-11(8-9-13(12)15)10-14(16)17-2/h11-12H,3-10H2,1-2H3/t11-,12-/m1/s1. The first kappa shape index (κ1) is 14.2. The zero-order valence-electron chi connectivity index (χ0n) is 11.0. The Morgan fingerprint density at radius 1 is 1.35 bits per heavy atom. The first-order valence-electron chi connectivity index (χ1n) is 6.78. The number of carbonyl (C=O) groups excluding carboxylic acids is 2. The summed E-state index contributed by atoms with van der Waals surface area (Å²) in [6.07, 6.45) is 7.66. The maximum atomic E-state index is 11.8. The van der Waals surface area contributed by atoms with Crippen LogP contribution < -0.4 is 0 Å². The second-order valence-electron chi connectivity index (χ2n) is 5.00. The Labute approximate surface area is 104 Å². The third kappa shape index (κ3) is 4.49. The molecule has 1 aliphatic carbocycles. The molecule has 0 unspecified atom stereocenters. The van der Waals surface area contributed by atoms with E-state index >= 15 is 0 Å². The predicted octanol–water partition coefficient (Wildman–Crippen LogP) is 3.12. The molecule has 0 aromatic carbocycles. The summed E-state index contributed by atoms with van der Waals surface area (Å²) in [6, 6.07) is 0. The highest BCUT2D eigenvalue weighted by molar-refractivity contribution is 5.84. The normalized spacial score (nSPS) is 24.0. The number of rotatable bonds is 7. The van der Waals surface area contributed by atoms with Crippen LogP contribution in [-0.4, -0.2) is 18.9 Å². The summed E-state index contributed by atoms with van der Waals surface area (Å²) in [5.74, 6) is 0.529. The Balaban J connectivity index is 2.36. The summed E-state index contributed by atoms with van der Waals surface area (Å²) < 4.78 is 4.69. The van der Waals surface area contributed by atoms with Gasteiger partial charge in [0.05, 0.1) is 7.11 Å². The van der Waals surface area contributed by atoms with Gasteiger partial charge in [0.15, 0.2) is 0 Å². The van der Waals surface area contributed by atoms with Crippen LogP contribution in [0.2, 0.25) is 0 Å². The first-order chi connectivity index (χ1) is 8.19. The number of hydrogen-bond acceptors (Lipinski definition) is 3. The molecule has 0 spiro atoms. The van der Waals surface area contributed by atoms with Gasteiger partial charge < -0.3 is 4.74 Å². The summed E-state index contributed by atoms with van der Waals surface area (Å²) in [5.41, 5.74) is 0. The summed E-state index contributed by atoms with van der Waals surface area (Å²) in [5, 5.41) is 0. The Hall–Kier alpha value is -0.860. The molecule has 0 N–H and O–H groups in total. The van der Waals surface area contributed by atoms with Crippen LogP contribution in [-0.2, 0) is 14.3 Å². The molecule has 0 heterocycles. The Morgan fingerprint density at radius 2 is 2.12 bits per heavy atom. The van der Waals surface area contributed by atoms with Crippen molar-refractivity contribution in [2.45, 2.75) is 58.3 Å². The molecule has 1 aliphatic rings. The third-order valence-corrected chi connectivity index (χ3v) is 3.77. The first-order valence-corrected chi connectivity index (χ1v) is 6.78. The van der Waals surface area contributed by atoms with Crippen molar-refractivity contribution < 1.29 is 14.3 Å². The molecular weight excluding hydrogens is 216 g/mol. The lowest BCUT2D eigenvalue weighted by Crippen LogP contribution is -2.18. The topological polar surface area (TPSA) is 43.4 Å². The van der Waals surface area contributed by atoms with Gasteiger partial charge in [-0.1, -0.05) is 32.6 Å². The zero-order valence-corrected chi connectivity index (χ0v) is 11.0. The average Bonchev–Trinajstić information content (AvgIpc) is 2.66. The van der Waals surface area contributed by atoms with E-state index in [1.54, 1.807) is 0 Å². The largest absolute Gasteiger partial charge is 0.469 e. The maximum Gasteiger partial charge on any atom is 0.305 e. The SMILES string of the molecule is CCCCCC[C@H]1C(=O)CC[C@@H]1CC(=O)OC. The monoisotopic (exact) mass is 240 g/mol. The summed E-state index contributed by atoms with van der Waals surface area (Å²) in [7, 11) is 1.41. The summed E-state index contributed by atoms with van der Waals surface area (Å²) in [4.78, 5) is 23.0. The van der Waals surface area contributed by atoms with E-state index in [0.717, 1.165) is 19.3 Å². The van der Waals surface area contributed by atoms with E-state index in [1.807, 2.05) is 0 Å². The molecule has 98 valence electrons. The fourth-order valence-electron chi connectivity index (χ4n) is 2.71. The number of ketones is 1. The molecule has 3 heteroatoms. The van der Waals surface area contributed by atoms with Crippen molar-refractivity contribution in [2.75, 3.05) is 7.11 Å². The van der Waals surface area contributed by atoms with Gasteiger partial charge in [0, 0.05) is 18.8 Å². The average molecular weight is 240 g/mol. The van der Waals surface area contributed by atoms with Crippen LogP contribution in [0.1, 0.15) is 58.3 Å². The molecule has 2 atom stereocenters. The highest BCUT2D eigenvalue weighted by atomic mass is 16.5. The summed E-state index contributed by atoms with van der Waals surface area (Å²) in [6.45, 7) is 2.18. The van der Waals surface area contributed by atoms with Crippen molar-refractivity contribution in [3.8, 4) is 0 Å². The van der Waals surface area contributed by atoms with Crippen molar-refractivity contribution >= 4 is 11.8 Å². The molecule has 0 saturated heterocycles. The minimum Gasteiger partial charge on any atom is -0.469 e. The molecule has 0 aromatic rings. The van der Waals surface area contributed by atoms with Gasteiger partial charge in [0.2, 0.25) is 0 Å². The van der Waals surface area contributed by atoms with Crippen molar-refractivity contribution in [1.82, 2.24) is 0 Å². The van der Waals surface area contributed by atoms with Gasteiger partial charge in [-0.25, -0.2) is 0 Å². The quantitative estimate of drug-likeness (QED) is 0.507. The lowest BCUT2D eigenvalue weighted by molar-refractivity contribution is -0.142. The molecule has 1 fully saturated rings. The van der Waals surface area contributed by atoms with E-state index < -0.39 is 0 Å². The third-order valence-electron chi connectivity index (χ3n) is 3.77.